The molecule has 3 rings (SSSR count). The first-order valence-corrected chi connectivity index (χ1v) is 6.85. The molecule has 0 unspecified atom stereocenters. The highest BCUT2D eigenvalue weighted by atomic mass is 16.2. The second-order valence-electron chi connectivity index (χ2n) is 5.12. The van der Waals surface area contributed by atoms with Crippen LogP contribution in [0.15, 0.2) is 36.4 Å². The van der Waals surface area contributed by atoms with Gasteiger partial charge in [-0.3, -0.25) is 14.3 Å². The minimum absolute atomic E-state index is 0.00647. The lowest BCUT2D eigenvalue weighted by Gasteiger charge is -2.02. The predicted octanol–water partition coefficient (Wildman–Crippen LogP) is 2.02. The Balaban J connectivity index is 1.70. The third kappa shape index (κ3) is 3.10. The Hall–Kier alpha value is -2.63. The van der Waals surface area contributed by atoms with Gasteiger partial charge in [0.1, 0.15) is 5.82 Å². The molecule has 108 valence electrons. The average molecular weight is 284 g/mol. The number of nitrogens with one attached hydrogen (secondary N) is 2. The van der Waals surface area contributed by atoms with E-state index in [1.807, 2.05) is 18.2 Å². The molecule has 1 aliphatic carbocycles. The lowest BCUT2D eigenvalue weighted by atomic mass is 10.3. The SMILES string of the molecule is Cn1nc(C(=O)Nc2ccccc2)cc1NC(=O)C1CC1. The molecule has 0 radical (unpaired) electrons. The zero-order valence-electron chi connectivity index (χ0n) is 11.7. The molecule has 1 aromatic carbocycles. The van der Waals surface area contributed by atoms with Crippen molar-refractivity contribution in [3.05, 3.63) is 42.1 Å². The third-order valence-corrected chi connectivity index (χ3v) is 3.34. The number of anilines is 2. The van der Waals surface area contributed by atoms with Gasteiger partial charge in [-0.05, 0) is 25.0 Å². The maximum Gasteiger partial charge on any atom is 0.276 e. The van der Waals surface area contributed by atoms with E-state index in [0.29, 0.717) is 11.5 Å². The lowest BCUT2D eigenvalue weighted by Crippen LogP contribution is -2.15. The molecule has 1 aromatic heterocycles. The fraction of sp³-hybridized carbons (Fsp3) is 0.267. The number of rotatable bonds is 4. The molecule has 2 amide bonds. The number of nitrogens with zero attached hydrogens (tertiary/aromatic N) is 2. The number of para-hydroxylation sites is 1. The summed E-state index contributed by atoms with van der Waals surface area (Å²) in [5, 5.41) is 9.68. The van der Waals surface area contributed by atoms with Gasteiger partial charge in [-0.2, -0.15) is 5.10 Å². The molecule has 0 bridgehead atoms. The van der Waals surface area contributed by atoms with Gasteiger partial charge in [0.2, 0.25) is 5.91 Å². The van der Waals surface area contributed by atoms with Crippen molar-refractivity contribution in [2.75, 3.05) is 10.6 Å². The molecule has 1 heterocycles. The first-order valence-electron chi connectivity index (χ1n) is 6.85. The van der Waals surface area contributed by atoms with Gasteiger partial charge in [0.05, 0.1) is 0 Å². The molecule has 6 nitrogen and oxygen atoms in total. The molecular formula is C15H16N4O2. The maximum absolute atomic E-state index is 12.1. The van der Waals surface area contributed by atoms with Crippen LogP contribution in [-0.4, -0.2) is 21.6 Å². The molecule has 21 heavy (non-hydrogen) atoms. The molecule has 1 fully saturated rings. The van der Waals surface area contributed by atoms with E-state index < -0.39 is 0 Å². The highest BCUT2D eigenvalue weighted by molar-refractivity contribution is 6.04. The summed E-state index contributed by atoms with van der Waals surface area (Å²) >= 11 is 0. The lowest BCUT2D eigenvalue weighted by molar-refractivity contribution is -0.117. The van der Waals surface area contributed by atoms with E-state index in [4.69, 9.17) is 0 Å². The number of hydrogen-bond donors (Lipinski definition) is 2. The Morgan fingerprint density at radius 1 is 1.19 bits per heavy atom. The van der Waals surface area contributed by atoms with Crippen LogP contribution in [-0.2, 0) is 11.8 Å². The monoisotopic (exact) mass is 284 g/mol. The summed E-state index contributed by atoms with van der Waals surface area (Å²) in [6, 6.07) is 10.7. The van der Waals surface area contributed by atoms with E-state index in [0.717, 1.165) is 12.8 Å². The van der Waals surface area contributed by atoms with Crippen LogP contribution in [0.25, 0.3) is 0 Å². The number of carbonyl (C=O) groups excluding carboxylic acids is 2. The summed E-state index contributed by atoms with van der Waals surface area (Å²) in [5.74, 6) is 0.336. The second-order valence-corrected chi connectivity index (χ2v) is 5.12. The topological polar surface area (TPSA) is 76.0 Å². The fourth-order valence-electron chi connectivity index (χ4n) is 1.99. The van der Waals surface area contributed by atoms with E-state index in [2.05, 4.69) is 15.7 Å². The highest BCUT2D eigenvalue weighted by Crippen LogP contribution is 2.30. The van der Waals surface area contributed by atoms with E-state index in [9.17, 15) is 9.59 Å². The summed E-state index contributed by atoms with van der Waals surface area (Å²) in [7, 11) is 1.70. The first kappa shape index (κ1) is 13.4. The summed E-state index contributed by atoms with van der Waals surface area (Å²) in [6.07, 6.45) is 1.87. The van der Waals surface area contributed by atoms with Gasteiger partial charge in [0.15, 0.2) is 5.69 Å². The van der Waals surface area contributed by atoms with Crippen LogP contribution in [0.1, 0.15) is 23.3 Å². The van der Waals surface area contributed by atoms with Crippen molar-refractivity contribution in [3.8, 4) is 0 Å². The van der Waals surface area contributed by atoms with Gasteiger partial charge >= 0.3 is 0 Å². The summed E-state index contributed by atoms with van der Waals surface area (Å²) in [4.78, 5) is 23.9. The van der Waals surface area contributed by atoms with Crippen molar-refractivity contribution in [2.24, 2.45) is 13.0 Å². The average Bonchev–Trinajstić information content (AvgIpc) is 3.26. The van der Waals surface area contributed by atoms with Gasteiger partial charge in [-0.15, -0.1) is 0 Å². The summed E-state index contributed by atoms with van der Waals surface area (Å²) in [5.41, 5.74) is 0.976. The highest BCUT2D eigenvalue weighted by Gasteiger charge is 2.30. The molecular weight excluding hydrogens is 268 g/mol. The molecule has 6 heteroatoms. The van der Waals surface area contributed by atoms with Crippen LogP contribution in [0.3, 0.4) is 0 Å². The van der Waals surface area contributed by atoms with E-state index >= 15 is 0 Å². The molecule has 1 aliphatic rings. The minimum Gasteiger partial charge on any atom is -0.321 e. The minimum atomic E-state index is -0.302. The number of aryl methyl sites for hydroxylation is 1. The van der Waals surface area contributed by atoms with E-state index in [1.165, 1.54) is 4.68 Å². The standard InChI is InChI=1S/C15H16N4O2/c1-19-13(17-14(20)10-7-8-10)9-12(18-19)15(21)16-11-5-3-2-4-6-11/h2-6,9-10H,7-8H2,1H3,(H,16,21)(H,17,20). The van der Waals surface area contributed by atoms with Gasteiger partial charge in [0.25, 0.3) is 5.91 Å². The van der Waals surface area contributed by atoms with Crippen molar-refractivity contribution in [1.82, 2.24) is 9.78 Å². The number of aromatic nitrogens is 2. The van der Waals surface area contributed by atoms with Crippen LogP contribution in [0, 0.1) is 5.92 Å². The van der Waals surface area contributed by atoms with Crippen LogP contribution in [0.4, 0.5) is 11.5 Å². The Morgan fingerprint density at radius 2 is 1.90 bits per heavy atom. The number of benzene rings is 1. The summed E-state index contributed by atoms with van der Waals surface area (Å²) < 4.78 is 1.50. The molecule has 0 atom stereocenters. The third-order valence-electron chi connectivity index (χ3n) is 3.34. The zero-order valence-corrected chi connectivity index (χ0v) is 11.7. The fourth-order valence-corrected chi connectivity index (χ4v) is 1.99. The summed E-state index contributed by atoms with van der Waals surface area (Å²) in [6.45, 7) is 0. The van der Waals surface area contributed by atoms with Crippen molar-refractivity contribution in [1.29, 1.82) is 0 Å². The quantitative estimate of drug-likeness (QED) is 0.901. The van der Waals surface area contributed by atoms with Crippen molar-refractivity contribution >= 4 is 23.3 Å². The zero-order chi connectivity index (χ0) is 14.8. The molecule has 0 aliphatic heterocycles. The van der Waals surface area contributed by atoms with E-state index in [1.54, 1.807) is 25.2 Å². The van der Waals surface area contributed by atoms with Crippen molar-refractivity contribution < 1.29 is 9.59 Å². The van der Waals surface area contributed by atoms with Gasteiger partial charge in [-0.1, -0.05) is 18.2 Å². The van der Waals surface area contributed by atoms with Crippen molar-refractivity contribution in [3.63, 3.8) is 0 Å². The second kappa shape index (κ2) is 5.40. The van der Waals surface area contributed by atoms with E-state index in [-0.39, 0.29) is 23.4 Å². The van der Waals surface area contributed by atoms with Gasteiger partial charge in [-0.25, -0.2) is 0 Å². The maximum atomic E-state index is 12.1. The number of amides is 2. The Kier molecular flexibility index (Phi) is 3.43. The van der Waals surface area contributed by atoms with Gasteiger partial charge < -0.3 is 10.6 Å². The normalized spacial score (nSPS) is 13.8. The molecule has 2 aromatic rings. The first-order chi connectivity index (χ1) is 10.1. The molecule has 0 saturated heterocycles. The van der Waals surface area contributed by atoms with Crippen LogP contribution >= 0.6 is 0 Å². The molecule has 2 N–H and O–H groups in total. The Labute approximate surface area is 122 Å². The number of hydrogen-bond acceptors (Lipinski definition) is 3. The van der Waals surface area contributed by atoms with Crippen LogP contribution in [0.2, 0.25) is 0 Å². The predicted molar refractivity (Wildman–Crippen MR) is 79.0 cm³/mol. The molecule has 0 spiro atoms. The van der Waals surface area contributed by atoms with Gasteiger partial charge in [0, 0.05) is 24.7 Å². The Bertz CT molecular complexity index is 674. The largest absolute Gasteiger partial charge is 0.321 e. The van der Waals surface area contributed by atoms with Crippen LogP contribution < -0.4 is 10.6 Å². The Morgan fingerprint density at radius 3 is 2.57 bits per heavy atom. The smallest absolute Gasteiger partial charge is 0.276 e. The molecule has 1 saturated carbocycles. The van der Waals surface area contributed by atoms with Crippen molar-refractivity contribution in [2.45, 2.75) is 12.8 Å². The van der Waals surface area contributed by atoms with Crippen LogP contribution in [0.5, 0.6) is 0 Å². The number of carbonyl (C=O) groups is 2.